The number of H-pyrrole nitrogens is 1. The Bertz CT molecular complexity index is 1180. The van der Waals surface area contributed by atoms with Gasteiger partial charge in [-0.2, -0.15) is 5.10 Å². The first-order valence-corrected chi connectivity index (χ1v) is 10.8. The molecule has 0 fully saturated rings. The van der Waals surface area contributed by atoms with Crippen LogP contribution in [0.25, 0.3) is 16.9 Å². The Labute approximate surface area is 186 Å². The summed E-state index contributed by atoms with van der Waals surface area (Å²) in [5.41, 5.74) is 4.90. The maximum atomic E-state index is 12.4. The van der Waals surface area contributed by atoms with E-state index in [9.17, 15) is 4.79 Å². The van der Waals surface area contributed by atoms with Crippen LogP contribution in [0.4, 0.5) is 11.5 Å². The number of benzene rings is 1. The molecule has 1 aromatic carbocycles. The molecule has 4 rings (SSSR count). The molecule has 1 amide bonds. The van der Waals surface area contributed by atoms with Crippen LogP contribution in [0.15, 0.2) is 49.1 Å². The van der Waals surface area contributed by atoms with E-state index in [2.05, 4.69) is 49.5 Å². The number of rotatable bonds is 9. The Morgan fingerprint density at radius 3 is 2.62 bits per heavy atom. The molecular weight excluding hydrogens is 404 g/mol. The number of aromatic amines is 1. The van der Waals surface area contributed by atoms with Gasteiger partial charge < -0.3 is 15.5 Å². The molecule has 3 aromatic heterocycles. The predicted octanol–water partition coefficient (Wildman–Crippen LogP) is 3.24. The van der Waals surface area contributed by atoms with Crippen molar-refractivity contribution in [2.45, 2.75) is 20.8 Å². The summed E-state index contributed by atoms with van der Waals surface area (Å²) < 4.78 is 1.99. The van der Waals surface area contributed by atoms with E-state index in [1.807, 2.05) is 48.0 Å². The molecule has 3 N–H and O–H groups in total. The van der Waals surface area contributed by atoms with Gasteiger partial charge in [-0.05, 0) is 44.3 Å². The van der Waals surface area contributed by atoms with Crippen molar-refractivity contribution in [1.29, 1.82) is 0 Å². The molecule has 0 aliphatic rings. The zero-order chi connectivity index (χ0) is 22.5. The van der Waals surface area contributed by atoms with E-state index in [1.54, 1.807) is 12.4 Å². The van der Waals surface area contributed by atoms with Crippen LogP contribution in [0.3, 0.4) is 0 Å². The van der Waals surface area contributed by atoms with Crippen LogP contribution in [0.1, 0.15) is 29.9 Å². The SMILES string of the molecule is CCN(CC)CCNC(=O)c1ccc(Nc2ncc(-c3cn[nH]c3)n3cc(C)nc23)cc1. The Morgan fingerprint density at radius 2 is 1.94 bits per heavy atom. The number of imidazole rings is 1. The largest absolute Gasteiger partial charge is 0.351 e. The summed E-state index contributed by atoms with van der Waals surface area (Å²) in [5.74, 6) is 0.569. The summed E-state index contributed by atoms with van der Waals surface area (Å²) in [4.78, 5) is 23.9. The summed E-state index contributed by atoms with van der Waals surface area (Å²) in [6.07, 6.45) is 7.34. The number of carbonyl (C=O) groups is 1. The van der Waals surface area contributed by atoms with E-state index in [4.69, 9.17) is 0 Å². The Balaban J connectivity index is 1.47. The molecule has 0 aliphatic carbocycles. The molecule has 4 aromatic rings. The molecule has 0 unspecified atom stereocenters. The van der Waals surface area contributed by atoms with Crippen molar-refractivity contribution >= 4 is 23.1 Å². The van der Waals surface area contributed by atoms with Gasteiger partial charge in [0.05, 0.1) is 23.8 Å². The lowest BCUT2D eigenvalue weighted by atomic mass is 10.2. The third kappa shape index (κ3) is 4.62. The number of hydrogen-bond donors (Lipinski definition) is 3. The van der Waals surface area contributed by atoms with Gasteiger partial charge >= 0.3 is 0 Å². The summed E-state index contributed by atoms with van der Waals surface area (Å²) in [5, 5.41) is 13.1. The normalized spacial score (nSPS) is 11.2. The number of anilines is 2. The number of hydrogen-bond acceptors (Lipinski definition) is 6. The minimum absolute atomic E-state index is 0.0717. The number of carbonyl (C=O) groups excluding carboxylic acids is 1. The number of likely N-dealkylation sites (N-methyl/N-ethyl adjacent to an activating group) is 1. The first-order valence-electron chi connectivity index (χ1n) is 10.8. The first kappa shape index (κ1) is 21.5. The number of aromatic nitrogens is 5. The Morgan fingerprint density at radius 1 is 1.16 bits per heavy atom. The lowest BCUT2D eigenvalue weighted by molar-refractivity contribution is 0.0949. The third-order valence-electron chi connectivity index (χ3n) is 5.43. The Hall–Kier alpha value is -3.72. The summed E-state index contributed by atoms with van der Waals surface area (Å²) in [6.45, 7) is 9.62. The monoisotopic (exact) mass is 432 g/mol. The average molecular weight is 433 g/mol. The highest BCUT2D eigenvalue weighted by molar-refractivity contribution is 5.94. The van der Waals surface area contributed by atoms with Crippen molar-refractivity contribution in [1.82, 2.24) is 34.8 Å². The maximum Gasteiger partial charge on any atom is 0.251 e. The van der Waals surface area contributed by atoms with Crippen molar-refractivity contribution < 1.29 is 4.79 Å². The van der Waals surface area contributed by atoms with Crippen LogP contribution >= 0.6 is 0 Å². The predicted molar refractivity (Wildman–Crippen MR) is 125 cm³/mol. The average Bonchev–Trinajstić information content (AvgIpc) is 3.47. The fourth-order valence-electron chi connectivity index (χ4n) is 3.60. The van der Waals surface area contributed by atoms with Crippen LogP contribution in [0, 0.1) is 6.92 Å². The minimum Gasteiger partial charge on any atom is -0.351 e. The smallest absolute Gasteiger partial charge is 0.251 e. The van der Waals surface area contributed by atoms with Gasteiger partial charge in [-0.1, -0.05) is 13.8 Å². The number of nitrogens with zero attached hydrogens (tertiary/aromatic N) is 5. The molecule has 32 heavy (non-hydrogen) atoms. The second kappa shape index (κ2) is 9.61. The van der Waals surface area contributed by atoms with Gasteiger partial charge in [-0.15, -0.1) is 0 Å². The zero-order valence-electron chi connectivity index (χ0n) is 18.6. The van der Waals surface area contributed by atoms with Crippen molar-refractivity contribution in [3.63, 3.8) is 0 Å². The fourth-order valence-corrected chi connectivity index (χ4v) is 3.60. The molecule has 9 nitrogen and oxygen atoms in total. The fraction of sp³-hybridized carbons (Fsp3) is 0.304. The van der Waals surface area contributed by atoms with E-state index >= 15 is 0 Å². The highest BCUT2D eigenvalue weighted by atomic mass is 16.1. The highest BCUT2D eigenvalue weighted by Crippen LogP contribution is 2.25. The lowest BCUT2D eigenvalue weighted by Crippen LogP contribution is -2.34. The van der Waals surface area contributed by atoms with Gasteiger partial charge in [0, 0.05) is 42.3 Å². The van der Waals surface area contributed by atoms with Crippen LogP contribution in [0.5, 0.6) is 0 Å². The number of nitrogens with one attached hydrogen (secondary N) is 3. The Kier molecular flexibility index (Phi) is 6.46. The highest BCUT2D eigenvalue weighted by Gasteiger charge is 2.13. The molecule has 0 spiro atoms. The van der Waals surface area contributed by atoms with Crippen LogP contribution in [0.2, 0.25) is 0 Å². The minimum atomic E-state index is -0.0717. The molecule has 0 atom stereocenters. The topological polar surface area (TPSA) is 103 Å². The molecule has 3 heterocycles. The zero-order valence-corrected chi connectivity index (χ0v) is 18.6. The second-order valence-electron chi connectivity index (χ2n) is 7.54. The van der Waals surface area contributed by atoms with Gasteiger partial charge in [0.1, 0.15) is 0 Å². The van der Waals surface area contributed by atoms with Gasteiger partial charge in [0.15, 0.2) is 11.5 Å². The van der Waals surface area contributed by atoms with E-state index < -0.39 is 0 Å². The second-order valence-corrected chi connectivity index (χ2v) is 7.54. The third-order valence-corrected chi connectivity index (χ3v) is 5.43. The molecule has 9 heteroatoms. The number of fused-ring (bicyclic) bond motifs is 1. The van der Waals surface area contributed by atoms with E-state index in [0.29, 0.717) is 17.9 Å². The number of aryl methyl sites for hydroxylation is 1. The number of amides is 1. The van der Waals surface area contributed by atoms with E-state index in [1.165, 1.54) is 0 Å². The molecule has 0 saturated heterocycles. The van der Waals surface area contributed by atoms with Crippen molar-refractivity contribution in [3.05, 3.63) is 60.3 Å². The van der Waals surface area contributed by atoms with Gasteiger partial charge in [-0.3, -0.25) is 14.3 Å². The molecule has 0 saturated carbocycles. The molecule has 0 bridgehead atoms. The summed E-state index contributed by atoms with van der Waals surface area (Å²) in [7, 11) is 0. The van der Waals surface area contributed by atoms with Gasteiger partial charge in [0.25, 0.3) is 5.91 Å². The van der Waals surface area contributed by atoms with Crippen LogP contribution in [-0.4, -0.2) is 61.6 Å². The van der Waals surface area contributed by atoms with Crippen LogP contribution in [-0.2, 0) is 0 Å². The van der Waals surface area contributed by atoms with Crippen molar-refractivity contribution in [2.75, 3.05) is 31.5 Å². The maximum absolute atomic E-state index is 12.4. The molecule has 0 aliphatic heterocycles. The molecule has 166 valence electrons. The molecular formula is C23H28N8O. The van der Waals surface area contributed by atoms with Crippen molar-refractivity contribution in [3.8, 4) is 11.3 Å². The summed E-state index contributed by atoms with van der Waals surface area (Å²) in [6, 6.07) is 7.36. The van der Waals surface area contributed by atoms with Gasteiger partial charge in [0.2, 0.25) is 0 Å². The van der Waals surface area contributed by atoms with Crippen LogP contribution < -0.4 is 10.6 Å². The standard InChI is InChI=1S/C23H28N8O/c1-4-30(5-2)11-10-24-23(32)17-6-8-19(9-7-17)29-21-22-28-16(3)15-31(22)20(14-25-21)18-12-26-27-13-18/h6-9,12-15H,4-5,10-11H2,1-3H3,(H,24,32)(H,25,29)(H,26,27). The van der Waals surface area contributed by atoms with Gasteiger partial charge in [-0.25, -0.2) is 9.97 Å². The first-order chi connectivity index (χ1) is 15.6. The van der Waals surface area contributed by atoms with E-state index in [0.717, 1.165) is 47.9 Å². The van der Waals surface area contributed by atoms with Crippen molar-refractivity contribution in [2.24, 2.45) is 0 Å². The van der Waals surface area contributed by atoms with E-state index in [-0.39, 0.29) is 5.91 Å². The quantitative estimate of drug-likeness (QED) is 0.375. The lowest BCUT2D eigenvalue weighted by Gasteiger charge is -2.18. The summed E-state index contributed by atoms with van der Waals surface area (Å²) >= 11 is 0. The molecule has 0 radical (unpaired) electrons.